The fraction of sp³-hybridized carbons (Fsp3) is 1.00. The van der Waals surface area contributed by atoms with Crippen molar-refractivity contribution in [3.8, 4) is 0 Å². The van der Waals surface area contributed by atoms with Gasteiger partial charge < -0.3 is 26.2 Å². The Morgan fingerprint density at radius 3 is 2.31 bits per heavy atom. The molecule has 13 heavy (non-hydrogen) atoms. The van der Waals surface area contributed by atoms with E-state index in [4.69, 9.17) is 16.3 Å². The van der Waals surface area contributed by atoms with Gasteiger partial charge in [-0.3, -0.25) is 0 Å². The van der Waals surface area contributed by atoms with E-state index < -0.39 is 0 Å². The molecule has 0 bridgehead atoms. The maximum Gasteiger partial charge on any atom is 0.102 e. The molecular weight excluding hydrogens is 253 g/mol. The standard InChI is InChI=1S/C9H19ClNO.BrH/c1-12-9-8-11(7-4-10)5-2-3-6-11;/h2-9H2,1H3;1H/q+1;/p-1. The molecule has 0 aromatic heterocycles. The molecule has 0 N–H and O–H groups in total. The topological polar surface area (TPSA) is 9.23 Å². The largest absolute Gasteiger partial charge is 1.00 e. The Kier molecular flexibility index (Phi) is 7.42. The maximum atomic E-state index is 5.79. The highest BCUT2D eigenvalue weighted by Crippen LogP contribution is 2.18. The zero-order valence-electron chi connectivity index (χ0n) is 8.27. The molecule has 0 radical (unpaired) electrons. The molecule has 1 rings (SSSR count). The number of quaternary nitrogens is 1. The molecule has 1 heterocycles. The summed E-state index contributed by atoms with van der Waals surface area (Å²) < 4.78 is 6.31. The molecule has 1 fully saturated rings. The van der Waals surface area contributed by atoms with E-state index >= 15 is 0 Å². The van der Waals surface area contributed by atoms with Crippen molar-refractivity contribution in [2.75, 3.05) is 45.8 Å². The van der Waals surface area contributed by atoms with E-state index in [1.54, 1.807) is 7.11 Å². The number of nitrogens with zero attached hydrogens (tertiary/aromatic N) is 1. The van der Waals surface area contributed by atoms with Gasteiger partial charge in [0.05, 0.1) is 32.1 Å². The number of hydrogen-bond acceptors (Lipinski definition) is 1. The van der Waals surface area contributed by atoms with Crippen molar-refractivity contribution < 1.29 is 26.2 Å². The zero-order valence-corrected chi connectivity index (χ0v) is 10.6. The Balaban J connectivity index is 0.00000144. The van der Waals surface area contributed by atoms with Crippen LogP contribution in [0, 0.1) is 0 Å². The van der Waals surface area contributed by atoms with Crippen LogP contribution in [0.4, 0.5) is 0 Å². The minimum atomic E-state index is 0. The van der Waals surface area contributed by atoms with Crippen LogP contribution in [-0.4, -0.2) is 50.3 Å². The van der Waals surface area contributed by atoms with E-state index in [2.05, 4.69) is 0 Å². The number of halogens is 2. The highest BCUT2D eigenvalue weighted by Gasteiger charge is 2.30. The van der Waals surface area contributed by atoms with Crippen molar-refractivity contribution in [2.24, 2.45) is 0 Å². The molecule has 1 saturated heterocycles. The average Bonchev–Trinajstić information content (AvgIpc) is 2.51. The van der Waals surface area contributed by atoms with Crippen LogP contribution in [0.3, 0.4) is 0 Å². The highest BCUT2D eigenvalue weighted by atomic mass is 79.9. The van der Waals surface area contributed by atoms with Crippen LogP contribution in [-0.2, 0) is 4.74 Å². The summed E-state index contributed by atoms with van der Waals surface area (Å²) >= 11 is 5.79. The Hall–Kier alpha value is 0.690. The third-order valence-electron chi connectivity index (χ3n) is 2.84. The quantitative estimate of drug-likeness (QED) is 0.437. The third kappa shape index (κ3) is 4.15. The molecule has 1 aliphatic rings. The van der Waals surface area contributed by atoms with Gasteiger partial charge in [-0.05, 0) is 0 Å². The van der Waals surface area contributed by atoms with Crippen LogP contribution in [0.25, 0.3) is 0 Å². The smallest absolute Gasteiger partial charge is 0.102 e. The van der Waals surface area contributed by atoms with Crippen molar-refractivity contribution in [3.05, 3.63) is 0 Å². The van der Waals surface area contributed by atoms with Crippen LogP contribution in [0.1, 0.15) is 12.8 Å². The molecule has 80 valence electrons. The average molecular weight is 273 g/mol. The van der Waals surface area contributed by atoms with Gasteiger partial charge in [0.25, 0.3) is 0 Å². The van der Waals surface area contributed by atoms with Gasteiger partial charge in [-0.15, -0.1) is 11.6 Å². The first-order valence-electron chi connectivity index (χ1n) is 4.73. The van der Waals surface area contributed by atoms with Crippen LogP contribution in [0.15, 0.2) is 0 Å². The van der Waals surface area contributed by atoms with Crippen molar-refractivity contribution in [2.45, 2.75) is 12.8 Å². The van der Waals surface area contributed by atoms with Crippen molar-refractivity contribution in [1.29, 1.82) is 0 Å². The summed E-state index contributed by atoms with van der Waals surface area (Å²) in [5.74, 6) is 0.781. The predicted molar refractivity (Wildman–Crippen MR) is 51.6 cm³/mol. The van der Waals surface area contributed by atoms with Gasteiger partial charge in [0, 0.05) is 20.0 Å². The van der Waals surface area contributed by atoms with Crippen LogP contribution in [0.2, 0.25) is 0 Å². The number of ether oxygens (including phenoxy) is 1. The van der Waals surface area contributed by atoms with E-state index in [9.17, 15) is 0 Å². The van der Waals surface area contributed by atoms with Crippen LogP contribution < -0.4 is 17.0 Å². The van der Waals surface area contributed by atoms with Crippen molar-refractivity contribution >= 4 is 11.6 Å². The van der Waals surface area contributed by atoms with E-state index in [1.165, 1.54) is 30.4 Å². The highest BCUT2D eigenvalue weighted by molar-refractivity contribution is 6.17. The minimum Gasteiger partial charge on any atom is -1.00 e. The van der Waals surface area contributed by atoms with Crippen LogP contribution in [0.5, 0.6) is 0 Å². The fourth-order valence-electron chi connectivity index (χ4n) is 2.03. The third-order valence-corrected chi connectivity index (χ3v) is 3.01. The summed E-state index contributed by atoms with van der Waals surface area (Å²) in [6, 6.07) is 0. The minimum absolute atomic E-state index is 0. The molecule has 0 aliphatic carbocycles. The number of rotatable bonds is 5. The second kappa shape index (κ2) is 7.04. The molecule has 4 heteroatoms. The van der Waals surface area contributed by atoms with Gasteiger partial charge in [-0.25, -0.2) is 0 Å². The first-order valence-corrected chi connectivity index (χ1v) is 5.26. The molecule has 0 unspecified atom stereocenters. The van der Waals surface area contributed by atoms with Gasteiger partial charge in [-0.1, -0.05) is 0 Å². The lowest BCUT2D eigenvalue weighted by Crippen LogP contribution is -3.00. The second-order valence-corrected chi connectivity index (χ2v) is 4.00. The Bertz CT molecular complexity index is 129. The SMILES string of the molecule is COCC[N+]1(CCCl)CCCC1.[Br-]. The normalized spacial score (nSPS) is 19.8. The van der Waals surface area contributed by atoms with E-state index in [0.29, 0.717) is 0 Å². The maximum absolute atomic E-state index is 5.79. The number of hydrogen-bond donors (Lipinski definition) is 0. The molecule has 0 amide bonds. The molecule has 1 aliphatic heterocycles. The Labute approximate surface area is 96.6 Å². The van der Waals surface area contributed by atoms with Gasteiger partial charge >= 0.3 is 0 Å². The van der Waals surface area contributed by atoms with Gasteiger partial charge in [0.2, 0.25) is 0 Å². The summed E-state index contributed by atoms with van der Waals surface area (Å²) in [4.78, 5) is 0. The Morgan fingerprint density at radius 2 is 1.85 bits per heavy atom. The van der Waals surface area contributed by atoms with Gasteiger partial charge in [0.15, 0.2) is 0 Å². The monoisotopic (exact) mass is 271 g/mol. The second-order valence-electron chi connectivity index (χ2n) is 3.62. The number of methoxy groups -OCH3 is 1. The molecular formula is C9H19BrClNO. The number of alkyl halides is 1. The molecule has 0 spiro atoms. The fourth-order valence-corrected chi connectivity index (χ4v) is 2.39. The molecule has 0 aromatic rings. The van der Waals surface area contributed by atoms with Crippen molar-refractivity contribution in [1.82, 2.24) is 0 Å². The lowest BCUT2D eigenvalue weighted by molar-refractivity contribution is -0.914. The van der Waals surface area contributed by atoms with Gasteiger partial charge in [0.1, 0.15) is 6.54 Å². The number of likely N-dealkylation sites (tertiary alicyclic amines) is 1. The first-order chi connectivity index (χ1) is 5.83. The first kappa shape index (κ1) is 13.7. The van der Waals surface area contributed by atoms with E-state index in [-0.39, 0.29) is 17.0 Å². The Morgan fingerprint density at radius 1 is 1.23 bits per heavy atom. The summed E-state index contributed by atoms with van der Waals surface area (Å²) in [5, 5.41) is 0. The van der Waals surface area contributed by atoms with Crippen LogP contribution >= 0.6 is 11.6 Å². The van der Waals surface area contributed by atoms with E-state index in [1.807, 2.05) is 0 Å². The molecule has 0 atom stereocenters. The predicted octanol–water partition coefficient (Wildman–Crippen LogP) is -1.51. The lowest BCUT2D eigenvalue weighted by Gasteiger charge is -2.33. The van der Waals surface area contributed by atoms with E-state index in [0.717, 1.165) is 25.6 Å². The summed E-state index contributed by atoms with van der Waals surface area (Å²) in [6.07, 6.45) is 2.72. The molecule has 0 saturated carbocycles. The summed E-state index contributed by atoms with van der Waals surface area (Å²) in [5.41, 5.74) is 0. The zero-order chi connectivity index (χ0) is 8.86. The van der Waals surface area contributed by atoms with Gasteiger partial charge in [-0.2, -0.15) is 0 Å². The lowest BCUT2D eigenvalue weighted by atomic mass is 10.4. The molecule has 2 nitrogen and oxygen atoms in total. The summed E-state index contributed by atoms with van der Waals surface area (Å²) in [6.45, 7) is 5.73. The van der Waals surface area contributed by atoms with Crippen molar-refractivity contribution in [3.63, 3.8) is 0 Å². The summed E-state index contributed by atoms with van der Waals surface area (Å²) in [7, 11) is 1.77. The molecule has 0 aromatic carbocycles.